The Morgan fingerprint density at radius 1 is 1.36 bits per heavy atom. The highest BCUT2D eigenvalue weighted by atomic mass is 35.5. The van der Waals surface area contributed by atoms with Gasteiger partial charge in [-0.15, -0.1) is 0 Å². The number of amides is 1. The average Bonchev–Trinajstić information content (AvgIpc) is 2.83. The summed E-state index contributed by atoms with van der Waals surface area (Å²) in [5.74, 6) is -1.04. The minimum absolute atomic E-state index is 0.0118. The molecule has 1 aliphatic rings. The highest BCUT2D eigenvalue weighted by molar-refractivity contribution is 6.30. The summed E-state index contributed by atoms with van der Waals surface area (Å²) >= 11 is 6.04. The Balaban J connectivity index is 2.24. The number of hydrogen-bond acceptors (Lipinski definition) is 2. The lowest BCUT2D eigenvalue weighted by atomic mass is 9.87. The normalized spacial score (nSPS) is 22.9. The summed E-state index contributed by atoms with van der Waals surface area (Å²) in [5, 5.41) is 9.92. The van der Waals surface area contributed by atoms with Crippen LogP contribution in [0.3, 0.4) is 0 Å². The standard InChI is InChI=1S/C17H22ClNO3/c1-11(2)14(12-5-4-6-13(18)9-12)15(20)19-8-7-17(3,10-19)16(21)22/h4-6,9,11,14H,7-8,10H2,1-3H3,(H,21,22). The van der Waals surface area contributed by atoms with Crippen LogP contribution in [0.2, 0.25) is 5.02 Å². The average molecular weight is 324 g/mol. The third kappa shape index (κ3) is 3.27. The van der Waals surface area contributed by atoms with Crippen LogP contribution < -0.4 is 0 Å². The molecule has 22 heavy (non-hydrogen) atoms. The van der Waals surface area contributed by atoms with E-state index >= 15 is 0 Å². The molecule has 5 heteroatoms. The van der Waals surface area contributed by atoms with Crippen LogP contribution in [-0.4, -0.2) is 35.0 Å². The second kappa shape index (κ2) is 6.29. The number of hydrogen-bond donors (Lipinski definition) is 1. The topological polar surface area (TPSA) is 57.6 Å². The quantitative estimate of drug-likeness (QED) is 0.923. The van der Waals surface area contributed by atoms with Gasteiger partial charge in [0, 0.05) is 18.1 Å². The van der Waals surface area contributed by atoms with E-state index in [1.165, 1.54) is 0 Å². The van der Waals surface area contributed by atoms with Gasteiger partial charge >= 0.3 is 5.97 Å². The molecule has 2 atom stereocenters. The predicted octanol–water partition coefficient (Wildman–Crippen LogP) is 3.40. The molecule has 1 saturated heterocycles. The molecule has 0 aromatic heterocycles. The van der Waals surface area contributed by atoms with Gasteiger partial charge in [0.15, 0.2) is 0 Å². The molecule has 1 N–H and O–H groups in total. The second-order valence-corrected chi connectivity index (χ2v) is 7.09. The van der Waals surface area contributed by atoms with Crippen LogP contribution in [0.5, 0.6) is 0 Å². The van der Waals surface area contributed by atoms with Crippen LogP contribution >= 0.6 is 11.6 Å². The fourth-order valence-electron chi connectivity index (χ4n) is 3.03. The molecule has 1 fully saturated rings. The van der Waals surface area contributed by atoms with Crippen molar-refractivity contribution in [1.82, 2.24) is 4.90 Å². The number of rotatable bonds is 4. The molecule has 2 rings (SSSR count). The highest BCUT2D eigenvalue weighted by Crippen LogP contribution is 2.35. The molecule has 0 aliphatic carbocycles. The van der Waals surface area contributed by atoms with Crippen LogP contribution in [0.25, 0.3) is 0 Å². The first kappa shape index (κ1) is 16.8. The van der Waals surface area contributed by atoms with Gasteiger partial charge in [-0.05, 0) is 37.0 Å². The van der Waals surface area contributed by atoms with Gasteiger partial charge in [-0.2, -0.15) is 0 Å². The molecule has 1 aromatic rings. The molecule has 4 nitrogen and oxygen atoms in total. The summed E-state index contributed by atoms with van der Waals surface area (Å²) in [6.07, 6.45) is 0.494. The van der Waals surface area contributed by atoms with E-state index in [0.29, 0.717) is 18.0 Å². The Kier molecular flexibility index (Phi) is 4.81. The van der Waals surface area contributed by atoms with Gasteiger partial charge in [-0.3, -0.25) is 9.59 Å². The zero-order chi connectivity index (χ0) is 16.5. The number of aliphatic carboxylic acids is 1. The first-order chi connectivity index (χ1) is 10.2. The van der Waals surface area contributed by atoms with Gasteiger partial charge in [0.25, 0.3) is 0 Å². The highest BCUT2D eigenvalue weighted by Gasteiger charge is 2.43. The molecule has 2 unspecified atom stereocenters. The van der Waals surface area contributed by atoms with E-state index < -0.39 is 11.4 Å². The van der Waals surface area contributed by atoms with E-state index in [1.54, 1.807) is 17.9 Å². The van der Waals surface area contributed by atoms with Gasteiger partial charge in [0.2, 0.25) is 5.91 Å². The maximum Gasteiger partial charge on any atom is 0.311 e. The Bertz CT molecular complexity index is 587. The van der Waals surface area contributed by atoms with Crippen molar-refractivity contribution in [3.8, 4) is 0 Å². The van der Waals surface area contributed by atoms with Gasteiger partial charge < -0.3 is 10.0 Å². The molecule has 1 aromatic carbocycles. The third-order valence-corrected chi connectivity index (χ3v) is 4.68. The van der Waals surface area contributed by atoms with Crippen LogP contribution in [-0.2, 0) is 9.59 Å². The summed E-state index contributed by atoms with van der Waals surface area (Å²) in [4.78, 5) is 25.9. The zero-order valence-electron chi connectivity index (χ0n) is 13.2. The molecule has 1 amide bonds. The van der Waals surface area contributed by atoms with Crippen molar-refractivity contribution in [2.24, 2.45) is 11.3 Å². The lowest BCUT2D eigenvalue weighted by molar-refractivity contribution is -0.147. The van der Waals surface area contributed by atoms with E-state index in [1.807, 2.05) is 32.0 Å². The molecular weight excluding hydrogens is 302 g/mol. The first-order valence-electron chi connectivity index (χ1n) is 7.52. The van der Waals surface area contributed by atoms with Crippen LogP contribution in [0, 0.1) is 11.3 Å². The number of benzene rings is 1. The van der Waals surface area contributed by atoms with Gasteiger partial charge in [0.1, 0.15) is 0 Å². The Morgan fingerprint density at radius 2 is 2.05 bits per heavy atom. The molecule has 0 spiro atoms. The van der Waals surface area contributed by atoms with E-state index in [9.17, 15) is 14.7 Å². The number of halogens is 1. The fourth-order valence-corrected chi connectivity index (χ4v) is 3.23. The largest absolute Gasteiger partial charge is 0.481 e. The predicted molar refractivity (Wildman–Crippen MR) is 86.0 cm³/mol. The SMILES string of the molecule is CC(C)C(C(=O)N1CCC(C)(C(=O)O)C1)c1cccc(Cl)c1. The summed E-state index contributed by atoms with van der Waals surface area (Å²) in [7, 11) is 0. The van der Waals surface area contributed by atoms with Crippen molar-refractivity contribution < 1.29 is 14.7 Å². The number of carboxylic acid groups (broad SMARTS) is 1. The van der Waals surface area contributed by atoms with Crippen molar-refractivity contribution >= 4 is 23.5 Å². The van der Waals surface area contributed by atoms with Crippen molar-refractivity contribution in [2.75, 3.05) is 13.1 Å². The number of carbonyl (C=O) groups excluding carboxylic acids is 1. The number of carbonyl (C=O) groups is 2. The Hall–Kier alpha value is -1.55. The molecular formula is C17H22ClNO3. The number of nitrogens with zero attached hydrogens (tertiary/aromatic N) is 1. The maximum atomic E-state index is 12.9. The Labute approximate surface area is 136 Å². The van der Waals surface area contributed by atoms with E-state index in [4.69, 9.17) is 11.6 Å². The molecule has 0 radical (unpaired) electrons. The minimum atomic E-state index is -0.842. The third-order valence-electron chi connectivity index (χ3n) is 4.44. The van der Waals surface area contributed by atoms with Crippen molar-refractivity contribution in [3.05, 3.63) is 34.9 Å². The van der Waals surface area contributed by atoms with E-state index in [-0.39, 0.29) is 24.3 Å². The summed E-state index contributed by atoms with van der Waals surface area (Å²) in [6, 6.07) is 7.34. The smallest absolute Gasteiger partial charge is 0.311 e. The molecule has 0 saturated carbocycles. The Morgan fingerprint density at radius 3 is 2.55 bits per heavy atom. The van der Waals surface area contributed by atoms with Crippen molar-refractivity contribution in [3.63, 3.8) is 0 Å². The lowest BCUT2D eigenvalue weighted by Crippen LogP contribution is -2.38. The van der Waals surface area contributed by atoms with E-state index in [2.05, 4.69) is 0 Å². The second-order valence-electron chi connectivity index (χ2n) is 6.65. The number of carboxylic acids is 1. The van der Waals surface area contributed by atoms with Gasteiger partial charge in [0.05, 0.1) is 11.3 Å². The van der Waals surface area contributed by atoms with Crippen LogP contribution in [0.15, 0.2) is 24.3 Å². The number of likely N-dealkylation sites (tertiary alicyclic amines) is 1. The lowest BCUT2D eigenvalue weighted by Gasteiger charge is -2.27. The monoisotopic (exact) mass is 323 g/mol. The fraction of sp³-hybridized carbons (Fsp3) is 0.529. The first-order valence-corrected chi connectivity index (χ1v) is 7.90. The van der Waals surface area contributed by atoms with Crippen LogP contribution in [0.1, 0.15) is 38.7 Å². The van der Waals surface area contributed by atoms with Crippen molar-refractivity contribution in [2.45, 2.75) is 33.1 Å². The molecule has 1 heterocycles. The molecule has 0 bridgehead atoms. The summed E-state index contributed by atoms with van der Waals surface area (Å²) in [5.41, 5.74) is 0.0438. The maximum absolute atomic E-state index is 12.9. The van der Waals surface area contributed by atoms with Gasteiger partial charge in [-0.1, -0.05) is 37.6 Å². The van der Waals surface area contributed by atoms with Gasteiger partial charge in [-0.25, -0.2) is 0 Å². The summed E-state index contributed by atoms with van der Waals surface area (Å²) in [6.45, 7) is 6.45. The van der Waals surface area contributed by atoms with E-state index in [0.717, 1.165) is 5.56 Å². The van der Waals surface area contributed by atoms with Crippen LogP contribution in [0.4, 0.5) is 0 Å². The minimum Gasteiger partial charge on any atom is -0.481 e. The zero-order valence-corrected chi connectivity index (χ0v) is 13.9. The summed E-state index contributed by atoms with van der Waals surface area (Å²) < 4.78 is 0. The molecule has 120 valence electrons. The van der Waals surface area contributed by atoms with Crippen molar-refractivity contribution in [1.29, 1.82) is 0 Å². The molecule has 1 aliphatic heterocycles.